The first-order chi connectivity index (χ1) is 7.24. The van der Waals surface area contributed by atoms with Gasteiger partial charge in [0.1, 0.15) is 5.75 Å². The van der Waals surface area contributed by atoms with Crippen LogP contribution < -0.4 is 10.1 Å². The number of benzene rings is 1. The lowest BCUT2D eigenvalue weighted by atomic mass is 10.2. The highest BCUT2D eigenvalue weighted by Gasteiger charge is 2.04. The average Bonchev–Trinajstić information content (AvgIpc) is 2.24. The first-order valence-electron chi connectivity index (χ1n) is 4.87. The lowest BCUT2D eigenvalue weighted by Crippen LogP contribution is -2.15. The number of nitrogens with one attached hydrogen (secondary N) is 1. The van der Waals surface area contributed by atoms with E-state index >= 15 is 0 Å². The van der Waals surface area contributed by atoms with Crippen LogP contribution in [0.4, 0.5) is 0 Å². The number of hydrogen-bond acceptors (Lipinski definition) is 3. The summed E-state index contributed by atoms with van der Waals surface area (Å²) in [5, 5.41) is 11.7. The Morgan fingerprint density at radius 2 is 2.20 bits per heavy atom. The highest BCUT2D eigenvalue weighted by molar-refractivity contribution is 5.68. The van der Waals surface area contributed by atoms with Crippen molar-refractivity contribution >= 4 is 5.97 Å². The molecule has 4 nitrogen and oxygen atoms in total. The van der Waals surface area contributed by atoms with Crippen LogP contribution in [0, 0.1) is 0 Å². The first kappa shape index (κ1) is 11.5. The molecule has 15 heavy (non-hydrogen) atoms. The summed E-state index contributed by atoms with van der Waals surface area (Å²) in [7, 11) is 0. The van der Waals surface area contributed by atoms with Gasteiger partial charge in [0.05, 0.1) is 0 Å². The van der Waals surface area contributed by atoms with Gasteiger partial charge in [-0.1, -0.05) is 25.1 Å². The van der Waals surface area contributed by atoms with E-state index in [1.54, 1.807) is 6.07 Å². The maximum atomic E-state index is 10.4. The zero-order valence-corrected chi connectivity index (χ0v) is 8.69. The van der Waals surface area contributed by atoms with E-state index in [1.165, 1.54) is 0 Å². The molecular weight excluding hydrogens is 194 g/mol. The van der Waals surface area contributed by atoms with Crippen molar-refractivity contribution in [3.8, 4) is 5.75 Å². The molecule has 0 saturated carbocycles. The van der Waals surface area contributed by atoms with Gasteiger partial charge in [0, 0.05) is 12.1 Å². The van der Waals surface area contributed by atoms with Crippen LogP contribution in [-0.4, -0.2) is 24.2 Å². The third-order valence-electron chi connectivity index (χ3n) is 1.89. The van der Waals surface area contributed by atoms with Gasteiger partial charge in [-0.05, 0) is 12.6 Å². The van der Waals surface area contributed by atoms with E-state index in [9.17, 15) is 4.79 Å². The molecular formula is C11H15NO3. The molecule has 0 spiro atoms. The minimum atomic E-state index is -0.965. The van der Waals surface area contributed by atoms with Gasteiger partial charge in [-0.3, -0.25) is 0 Å². The topological polar surface area (TPSA) is 58.6 Å². The minimum Gasteiger partial charge on any atom is -0.482 e. The van der Waals surface area contributed by atoms with E-state index in [1.807, 2.05) is 25.1 Å². The Bertz CT molecular complexity index is 325. The summed E-state index contributed by atoms with van der Waals surface area (Å²) in [4.78, 5) is 10.4. The second-order valence-corrected chi connectivity index (χ2v) is 3.07. The number of carboxylic acid groups (broad SMARTS) is 1. The van der Waals surface area contributed by atoms with Crippen LogP contribution in [0.25, 0.3) is 0 Å². The monoisotopic (exact) mass is 209 g/mol. The molecule has 0 aliphatic carbocycles. The van der Waals surface area contributed by atoms with E-state index in [2.05, 4.69) is 5.32 Å². The lowest BCUT2D eigenvalue weighted by molar-refractivity contribution is -0.139. The SMILES string of the molecule is CCNCc1ccccc1OCC(=O)O. The molecule has 2 N–H and O–H groups in total. The van der Waals surface area contributed by atoms with E-state index in [-0.39, 0.29) is 6.61 Å². The molecule has 0 unspecified atom stereocenters. The summed E-state index contributed by atoms with van der Waals surface area (Å²) in [5.74, 6) is -0.339. The largest absolute Gasteiger partial charge is 0.482 e. The Morgan fingerprint density at radius 3 is 2.87 bits per heavy atom. The second-order valence-electron chi connectivity index (χ2n) is 3.07. The molecule has 1 aromatic carbocycles. The maximum absolute atomic E-state index is 10.4. The maximum Gasteiger partial charge on any atom is 0.341 e. The van der Waals surface area contributed by atoms with E-state index in [0.717, 1.165) is 12.1 Å². The van der Waals surface area contributed by atoms with Crippen molar-refractivity contribution < 1.29 is 14.6 Å². The van der Waals surface area contributed by atoms with Gasteiger partial charge in [-0.2, -0.15) is 0 Å². The molecule has 4 heteroatoms. The molecule has 0 radical (unpaired) electrons. The molecule has 0 saturated heterocycles. The van der Waals surface area contributed by atoms with Crippen molar-refractivity contribution in [2.45, 2.75) is 13.5 Å². The first-order valence-corrected chi connectivity index (χ1v) is 4.87. The van der Waals surface area contributed by atoms with E-state index < -0.39 is 5.97 Å². The summed E-state index contributed by atoms with van der Waals surface area (Å²) < 4.78 is 5.16. The summed E-state index contributed by atoms with van der Waals surface area (Å²) in [6.07, 6.45) is 0. The van der Waals surface area contributed by atoms with E-state index in [4.69, 9.17) is 9.84 Å². The van der Waals surface area contributed by atoms with Crippen molar-refractivity contribution in [2.24, 2.45) is 0 Å². The standard InChI is InChI=1S/C11H15NO3/c1-2-12-7-9-5-3-4-6-10(9)15-8-11(13)14/h3-6,12H,2,7-8H2,1H3,(H,13,14). The smallest absolute Gasteiger partial charge is 0.341 e. The minimum absolute atomic E-state index is 0.302. The van der Waals surface area contributed by atoms with Crippen LogP contribution in [0.2, 0.25) is 0 Å². The third kappa shape index (κ3) is 3.99. The number of aliphatic carboxylic acids is 1. The third-order valence-corrected chi connectivity index (χ3v) is 1.89. The Morgan fingerprint density at radius 1 is 1.47 bits per heavy atom. The van der Waals surface area contributed by atoms with Gasteiger partial charge in [0.15, 0.2) is 6.61 Å². The van der Waals surface area contributed by atoms with Crippen LogP contribution in [0.3, 0.4) is 0 Å². The number of carbonyl (C=O) groups is 1. The second kappa shape index (κ2) is 6.03. The Hall–Kier alpha value is -1.55. The molecule has 0 fully saturated rings. The van der Waals surface area contributed by atoms with Crippen LogP contribution >= 0.6 is 0 Å². The van der Waals surface area contributed by atoms with Crippen LogP contribution in [0.1, 0.15) is 12.5 Å². The predicted octanol–water partition coefficient (Wildman–Crippen LogP) is 1.26. The molecule has 1 rings (SSSR count). The predicted molar refractivity (Wildman–Crippen MR) is 57.0 cm³/mol. The Balaban J connectivity index is 2.63. The van der Waals surface area contributed by atoms with Gasteiger partial charge in [-0.15, -0.1) is 0 Å². The molecule has 0 aliphatic rings. The van der Waals surface area contributed by atoms with Gasteiger partial charge < -0.3 is 15.2 Å². The molecule has 0 heterocycles. The number of ether oxygens (including phenoxy) is 1. The van der Waals surface area contributed by atoms with Gasteiger partial charge >= 0.3 is 5.97 Å². The van der Waals surface area contributed by atoms with Gasteiger partial charge in [0.25, 0.3) is 0 Å². The molecule has 1 aromatic rings. The fraction of sp³-hybridized carbons (Fsp3) is 0.364. The number of hydrogen-bond donors (Lipinski definition) is 2. The summed E-state index contributed by atoms with van der Waals surface area (Å²) >= 11 is 0. The van der Waals surface area contributed by atoms with Crippen molar-refractivity contribution in [3.63, 3.8) is 0 Å². The molecule has 0 aromatic heterocycles. The van der Waals surface area contributed by atoms with Crippen molar-refractivity contribution in [1.82, 2.24) is 5.32 Å². The number of rotatable bonds is 6. The highest BCUT2D eigenvalue weighted by atomic mass is 16.5. The van der Waals surface area contributed by atoms with Crippen LogP contribution in [-0.2, 0) is 11.3 Å². The molecule has 0 aliphatic heterocycles. The number of carboxylic acids is 1. The fourth-order valence-corrected chi connectivity index (χ4v) is 1.19. The zero-order valence-electron chi connectivity index (χ0n) is 8.69. The van der Waals surface area contributed by atoms with Gasteiger partial charge in [0.2, 0.25) is 0 Å². The normalized spacial score (nSPS) is 9.93. The quantitative estimate of drug-likeness (QED) is 0.740. The molecule has 0 atom stereocenters. The van der Waals surface area contributed by atoms with Crippen molar-refractivity contribution in [1.29, 1.82) is 0 Å². The number of para-hydroxylation sites is 1. The Labute approximate surface area is 88.9 Å². The van der Waals surface area contributed by atoms with Gasteiger partial charge in [-0.25, -0.2) is 4.79 Å². The van der Waals surface area contributed by atoms with Crippen LogP contribution in [0.15, 0.2) is 24.3 Å². The average molecular weight is 209 g/mol. The van der Waals surface area contributed by atoms with Crippen molar-refractivity contribution in [3.05, 3.63) is 29.8 Å². The molecule has 82 valence electrons. The summed E-state index contributed by atoms with van der Waals surface area (Å²) in [6, 6.07) is 7.42. The fourth-order valence-electron chi connectivity index (χ4n) is 1.19. The highest BCUT2D eigenvalue weighted by Crippen LogP contribution is 2.17. The lowest BCUT2D eigenvalue weighted by Gasteiger charge is -2.09. The summed E-state index contributed by atoms with van der Waals surface area (Å²) in [6.45, 7) is 3.27. The summed E-state index contributed by atoms with van der Waals surface area (Å²) in [5.41, 5.74) is 0.973. The van der Waals surface area contributed by atoms with Crippen LogP contribution in [0.5, 0.6) is 5.75 Å². The Kier molecular flexibility index (Phi) is 4.63. The van der Waals surface area contributed by atoms with Crippen molar-refractivity contribution in [2.75, 3.05) is 13.2 Å². The molecule has 0 amide bonds. The molecule has 0 bridgehead atoms. The van der Waals surface area contributed by atoms with E-state index in [0.29, 0.717) is 12.3 Å². The zero-order chi connectivity index (χ0) is 11.1.